The van der Waals surface area contributed by atoms with E-state index in [1.807, 2.05) is 0 Å². The molecule has 0 unspecified atom stereocenters. The second kappa shape index (κ2) is 5.73. The lowest BCUT2D eigenvalue weighted by atomic mass is 9.97. The van der Waals surface area contributed by atoms with Crippen molar-refractivity contribution in [2.75, 3.05) is 6.54 Å². The van der Waals surface area contributed by atoms with Gasteiger partial charge in [-0.3, -0.25) is 0 Å². The largest absolute Gasteiger partial charge is 0.466 e. The minimum atomic E-state index is -3.80. The number of aryl methyl sites for hydroxylation is 2. The van der Waals surface area contributed by atoms with Crippen LogP contribution in [-0.4, -0.2) is 30.0 Å². The number of aromatic amines is 1. The highest BCUT2D eigenvalue weighted by Crippen LogP contribution is 2.27. The van der Waals surface area contributed by atoms with Gasteiger partial charge >= 0.3 is 0 Å². The zero-order valence-electron chi connectivity index (χ0n) is 13.6. The molecule has 24 heavy (non-hydrogen) atoms. The summed E-state index contributed by atoms with van der Waals surface area (Å²) in [5.41, 5.74) is -0.339. The van der Waals surface area contributed by atoms with Crippen molar-refractivity contribution in [3.63, 3.8) is 0 Å². The van der Waals surface area contributed by atoms with E-state index in [-0.39, 0.29) is 11.4 Å². The Bertz CT molecular complexity index is 986. The SMILES string of the molecule is Cc1cc([C@@](C)(O)CNS(=O)(=O)c2c[nH]c3ncccc23)c(C)o1. The highest BCUT2D eigenvalue weighted by atomic mass is 32.2. The number of H-pyrrole nitrogens is 1. The quantitative estimate of drug-likeness (QED) is 0.652. The van der Waals surface area contributed by atoms with Crippen LogP contribution >= 0.6 is 0 Å². The summed E-state index contributed by atoms with van der Waals surface area (Å²) in [5, 5.41) is 11.1. The second-order valence-electron chi connectivity index (χ2n) is 5.98. The maximum Gasteiger partial charge on any atom is 0.242 e. The van der Waals surface area contributed by atoms with Crippen LogP contribution in [0.4, 0.5) is 0 Å². The number of aliphatic hydroxyl groups is 1. The highest BCUT2D eigenvalue weighted by Gasteiger charge is 2.30. The summed E-state index contributed by atoms with van der Waals surface area (Å²) in [6.07, 6.45) is 2.97. The second-order valence-corrected chi connectivity index (χ2v) is 7.71. The molecule has 7 nitrogen and oxygen atoms in total. The number of pyridine rings is 1. The Morgan fingerprint density at radius 2 is 2.17 bits per heavy atom. The maximum atomic E-state index is 12.6. The molecule has 128 valence electrons. The number of hydrogen-bond acceptors (Lipinski definition) is 5. The Kier molecular flexibility index (Phi) is 3.98. The van der Waals surface area contributed by atoms with Gasteiger partial charge in [-0.25, -0.2) is 18.1 Å². The molecule has 3 N–H and O–H groups in total. The summed E-state index contributed by atoms with van der Waals surface area (Å²) in [4.78, 5) is 7.00. The van der Waals surface area contributed by atoms with Gasteiger partial charge in [-0.05, 0) is 39.0 Å². The molecule has 0 saturated heterocycles. The molecule has 0 aliphatic carbocycles. The Labute approximate surface area is 139 Å². The van der Waals surface area contributed by atoms with Gasteiger partial charge in [0.05, 0.1) is 0 Å². The minimum Gasteiger partial charge on any atom is -0.466 e. The summed E-state index contributed by atoms with van der Waals surface area (Å²) in [7, 11) is -3.80. The van der Waals surface area contributed by atoms with E-state index in [1.165, 1.54) is 6.20 Å². The van der Waals surface area contributed by atoms with Crippen LogP contribution in [0.15, 0.2) is 39.9 Å². The van der Waals surface area contributed by atoms with Crippen LogP contribution < -0.4 is 4.72 Å². The van der Waals surface area contributed by atoms with E-state index in [4.69, 9.17) is 4.42 Å². The molecule has 0 aliphatic heterocycles. The van der Waals surface area contributed by atoms with Gasteiger partial charge in [0, 0.05) is 29.9 Å². The number of fused-ring (bicyclic) bond motifs is 1. The van der Waals surface area contributed by atoms with E-state index in [9.17, 15) is 13.5 Å². The molecule has 1 atom stereocenters. The van der Waals surface area contributed by atoms with Gasteiger partial charge in [-0.2, -0.15) is 0 Å². The zero-order chi connectivity index (χ0) is 17.5. The van der Waals surface area contributed by atoms with E-state index in [2.05, 4.69) is 14.7 Å². The smallest absolute Gasteiger partial charge is 0.242 e. The van der Waals surface area contributed by atoms with Gasteiger partial charge in [-0.15, -0.1) is 0 Å². The molecule has 0 radical (unpaired) electrons. The third-order valence-electron chi connectivity index (χ3n) is 3.93. The summed E-state index contributed by atoms with van der Waals surface area (Å²) >= 11 is 0. The molecular formula is C16H19N3O4S. The first-order valence-corrected chi connectivity index (χ1v) is 8.91. The average molecular weight is 349 g/mol. The lowest BCUT2D eigenvalue weighted by molar-refractivity contribution is 0.0612. The number of rotatable bonds is 5. The number of sulfonamides is 1. The fraction of sp³-hybridized carbons (Fsp3) is 0.312. The number of aromatic nitrogens is 2. The lowest BCUT2D eigenvalue weighted by Gasteiger charge is -2.23. The third kappa shape index (κ3) is 2.95. The first-order chi connectivity index (χ1) is 11.2. The van der Waals surface area contributed by atoms with Crippen molar-refractivity contribution in [3.8, 4) is 0 Å². The van der Waals surface area contributed by atoms with E-state index >= 15 is 0 Å². The molecule has 8 heteroatoms. The van der Waals surface area contributed by atoms with Crippen LogP contribution in [-0.2, 0) is 15.6 Å². The number of nitrogens with zero attached hydrogens (tertiary/aromatic N) is 1. The van der Waals surface area contributed by atoms with Crippen molar-refractivity contribution >= 4 is 21.1 Å². The van der Waals surface area contributed by atoms with Crippen LogP contribution in [0, 0.1) is 13.8 Å². The number of furan rings is 1. The first-order valence-electron chi connectivity index (χ1n) is 7.42. The maximum absolute atomic E-state index is 12.6. The van der Waals surface area contributed by atoms with Crippen molar-refractivity contribution in [3.05, 3.63) is 47.7 Å². The van der Waals surface area contributed by atoms with Crippen LogP contribution in [0.5, 0.6) is 0 Å². The molecule has 3 heterocycles. The van der Waals surface area contributed by atoms with Gasteiger partial charge in [-0.1, -0.05) is 0 Å². The Hall–Kier alpha value is -2.16. The normalized spacial score (nSPS) is 14.8. The van der Waals surface area contributed by atoms with Crippen molar-refractivity contribution in [1.29, 1.82) is 0 Å². The van der Waals surface area contributed by atoms with E-state index in [0.717, 1.165) is 0 Å². The average Bonchev–Trinajstić information content (AvgIpc) is 3.09. The van der Waals surface area contributed by atoms with Gasteiger partial charge in [0.15, 0.2) is 0 Å². The predicted octanol–water partition coefficient (Wildman–Crippen LogP) is 1.96. The molecule has 0 aliphatic rings. The topological polar surface area (TPSA) is 108 Å². The third-order valence-corrected chi connectivity index (χ3v) is 5.37. The van der Waals surface area contributed by atoms with Crippen molar-refractivity contribution in [1.82, 2.24) is 14.7 Å². The standard InChI is InChI=1S/C16H19N3O4S/c1-10-7-13(11(2)23-10)16(3,20)9-19-24(21,22)14-8-18-15-12(14)5-4-6-17-15/h4-8,19-20H,9H2,1-3H3,(H,17,18)/t16-/m0/s1. The van der Waals surface area contributed by atoms with Crippen molar-refractivity contribution in [2.24, 2.45) is 0 Å². The number of nitrogens with one attached hydrogen (secondary N) is 2. The highest BCUT2D eigenvalue weighted by molar-refractivity contribution is 7.89. The lowest BCUT2D eigenvalue weighted by Crippen LogP contribution is -2.38. The first kappa shape index (κ1) is 16.7. The van der Waals surface area contributed by atoms with Crippen molar-refractivity contribution < 1.29 is 17.9 Å². The van der Waals surface area contributed by atoms with E-state index in [1.54, 1.807) is 45.2 Å². The summed E-state index contributed by atoms with van der Waals surface area (Å²) < 4.78 is 33.0. The van der Waals surface area contributed by atoms with Gasteiger partial charge in [0.25, 0.3) is 0 Å². The van der Waals surface area contributed by atoms with E-state index in [0.29, 0.717) is 28.1 Å². The molecule has 0 fully saturated rings. The van der Waals surface area contributed by atoms with Gasteiger partial charge in [0.2, 0.25) is 10.0 Å². The fourth-order valence-electron chi connectivity index (χ4n) is 2.73. The van der Waals surface area contributed by atoms with Crippen molar-refractivity contribution in [2.45, 2.75) is 31.3 Å². The fourth-order valence-corrected chi connectivity index (χ4v) is 4.02. The summed E-state index contributed by atoms with van der Waals surface area (Å²) in [5.74, 6) is 1.22. The molecule has 3 aromatic rings. The number of hydrogen-bond donors (Lipinski definition) is 3. The Balaban J connectivity index is 1.86. The van der Waals surface area contributed by atoms with Crippen LogP contribution in [0.3, 0.4) is 0 Å². The van der Waals surface area contributed by atoms with Crippen LogP contribution in [0.25, 0.3) is 11.0 Å². The molecule has 3 rings (SSSR count). The molecule has 0 aromatic carbocycles. The summed E-state index contributed by atoms with van der Waals surface area (Å²) in [6, 6.07) is 5.05. The molecular weight excluding hydrogens is 330 g/mol. The molecule has 3 aromatic heterocycles. The van der Waals surface area contributed by atoms with Crippen LogP contribution in [0.1, 0.15) is 24.0 Å². The Morgan fingerprint density at radius 1 is 1.42 bits per heavy atom. The van der Waals surface area contributed by atoms with Crippen LogP contribution in [0.2, 0.25) is 0 Å². The zero-order valence-corrected chi connectivity index (χ0v) is 14.4. The Morgan fingerprint density at radius 3 is 2.83 bits per heavy atom. The van der Waals surface area contributed by atoms with Gasteiger partial charge < -0.3 is 14.5 Å². The van der Waals surface area contributed by atoms with E-state index < -0.39 is 15.6 Å². The molecule has 0 bridgehead atoms. The molecule has 0 spiro atoms. The monoisotopic (exact) mass is 349 g/mol. The van der Waals surface area contributed by atoms with Gasteiger partial charge in [0.1, 0.15) is 27.7 Å². The molecule has 0 saturated carbocycles. The predicted molar refractivity (Wildman–Crippen MR) is 89.0 cm³/mol. The summed E-state index contributed by atoms with van der Waals surface area (Å²) in [6.45, 7) is 4.87. The molecule has 0 amide bonds. The minimum absolute atomic E-state index is 0.0986.